The molecule has 0 bridgehead atoms. The zero-order valence-electron chi connectivity index (χ0n) is 17.4. The maximum atomic E-state index is 13.0. The van der Waals surface area contributed by atoms with Crippen LogP contribution >= 0.6 is 24.8 Å². The summed E-state index contributed by atoms with van der Waals surface area (Å²) in [6.45, 7) is 2.06. The molecule has 3 aromatic rings. The SMILES string of the molecule is COc1ccc(-n2nc(C(=O)N3CCCCC3)cc2-c2ccc(CN)cc2)cn1.Cl.Cl. The van der Waals surface area contributed by atoms with Gasteiger partial charge in [0.2, 0.25) is 5.88 Å². The number of nitrogens with two attached hydrogens (primary N) is 1. The van der Waals surface area contributed by atoms with E-state index in [2.05, 4.69) is 10.1 Å². The Morgan fingerprint density at radius 2 is 1.77 bits per heavy atom. The summed E-state index contributed by atoms with van der Waals surface area (Å²) < 4.78 is 6.92. The van der Waals surface area contributed by atoms with Crippen LogP contribution in [0, 0.1) is 0 Å². The first-order valence-electron chi connectivity index (χ1n) is 9.89. The lowest BCUT2D eigenvalue weighted by molar-refractivity contribution is 0.0718. The third-order valence-electron chi connectivity index (χ3n) is 5.23. The summed E-state index contributed by atoms with van der Waals surface area (Å²) in [6, 6.07) is 13.5. The molecule has 1 aliphatic rings. The Kier molecular flexibility index (Phi) is 8.86. The van der Waals surface area contributed by atoms with Crippen molar-refractivity contribution in [1.29, 1.82) is 0 Å². The first-order chi connectivity index (χ1) is 14.2. The van der Waals surface area contributed by atoms with Crippen LogP contribution in [0.1, 0.15) is 35.3 Å². The number of benzene rings is 1. The summed E-state index contributed by atoms with van der Waals surface area (Å²) >= 11 is 0. The van der Waals surface area contributed by atoms with Crippen molar-refractivity contribution in [2.75, 3.05) is 20.2 Å². The minimum atomic E-state index is -0.0234. The van der Waals surface area contributed by atoms with E-state index >= 15 is 0 Å². The maximum absolute atomic E-state index is 13.0. The largest absolute Gasteiger partial charge is 0.481 e. The molecule has 0 radical (unpaired) electrons. The fraction of sp³-hybridized carbons (Fsp3) is 0.318. The molecular weight excluding hydrogens is 437 g/mol. The predicted octanol–water partition coefficient (Wildman–Crippen LogP) is 3.87. The number of carbonyl (C=O) groups excluding carboxylic acids is 1. The molecule has 1 aliphatic heterocycles. The third kappa shape index (κ3) is 5.36. The quantitative estimate of drug-likeness (QED) is 0.620. The molecule has 1 saturated heterocycles. The van der Waals surface area contributed by atoms with Gasteiger partial charge >= 0.3 is 0 Å². The number of rotatable bonds is 5. The lowest BCUT2D eigenvalue weighted by Crippen LogP contribution is -2.35. The second-order valence-corrected chi connectivity index (χ2v) is 7.14. The summed E-state index contributed by atoms with van der Waals surface area (Å²) in [7, 11) is 1.58. The zero-order valence-corrected chi connectivity index (χ0v) is 19.0. The average Bonchev–Trinajstić information content (AvgIpc) is 3.24. The molecule has 0 atom stereocenters. The van der Waals surface area contributed by atoms with Gasteiger partial charge in [-0.15, -0.1) is 24.8 Å². The molecule has 3 heterocycles. The third-order valence-corrected chi connectivity index (χ3v) is 5.23. The Bertz CT molecular complexity index is 919. The van der Waals surface area contributed by atoms with Crippen molar-refractivity contribution in [3.05, 3.63) is 59.9 Å². The molecule has 4 rings (SSSR count). The summed E-state index contributed by atoms with van der Waals surface area (Å²) in [6.07, 6.45) is 4.96. The lowest BCUT2D eigenvalue weighted by atomic mass is 10.1. The summed E-state index contributed by atoms with van der Waals surface area (Å²) in [5.74, 6) is 0.504. The van der Waals surface area contributed by atoms with E-state index in [1.165, 1.54) is 6.42 Å². The van der Waals surface area contributed by atoms with Crippen LogP contribution in [0.25, 0.3) is 16.9 Å². The van der Waals surface area contributed by atoms with Gasteiger partial charge < -0.3 is 15.4 Å². The number of piperidine rings is 1. The van der Waals surface area contributed by atoms with Crippen molar-refractivity contribution in [2.24, 2.45) is 5.73 Å². The number of likely N-dealkylation sites (tertiary alicyclic amines) is 1. The number of pyridine rings is 1. The number of halogens is 2. The van der Waals surface area contributed by atoms with E-state index in [1.807, 2.05) is 41.3 Å². The number of methoxy groups -OCH3 is 1. The van der Waals surface area contributed by atoms with Crippen molar-refractivity contribution in [3.8, 4) is 22.8 Å². The Hall–Kier alpha value is -2.61. The average molecular weight is 464 g/mol. The number of amides is 1. The molecular formula is C22H27Cl2N5O2. The Morgan fingerprint density at radius 1 is 1.06 bits per heavy atom. The number of hydrogen-bond donors (Lipinski definition) is 1. The van der Waals surface area contributed by atoms with E-state index in [0.29, 0.717) is 18.1 Å². The molecule has 1 amide bonds. The molecule has 1 fully saturated rings. The van der Waals surface area contributed by atoms with Crippen molar-refractivity contribution in [2.45, 2.75) is 25.8 Å². The summed E-state index contributed by atoms with van der Waals surface area (Å²) in [5, 5.41) is 4.65. The van der Waals surface area contributed by atoms with E-state index in [9.17, 15) is 4.79 Å². The van der Waals surface area contributed by atoms with E-state index in [1.54, 1.807) is 24.1 Å². The van der Waals surface area contributed by atoms with Gasteiger partial charge in [-0.1, -0.05) is 24.3 Å². The van der Waals surface area contributed by atoms with Gasteiger partial charge in [0.05, 0.1) is 24.7 Å². The van der Waals surface area contributed by atoms with Gasteiger partial charge in [0.15, 0.2) is 5.69 Å². The van der Waals surface area contributed by atoms with Gasteiger partial charge in [0.25, 0.3) is 5.91 Å². The van der Waals surface area contributed by atoms with Crippen LogP contribution in [0.5, 0.6) is 5.88 Å². The second-order valence-electron chi connectivity index (χ2n) is 7.14. The molecule has 0 spiro atoms. The number of ether oxygens (including phenoxy) is 1. The van der Waals surface area contributed by atoms with Crippen molar-refractivity contribution < 1.29 is 9.53 Å². The fourth-order valence-electron chi connectivity index (χ4n) is 3.58. The molecule has 31 heavy (non-hydrogen) atoms. The summed E-state index contributed by atoms with van der Waals surface area (Å²) in [4.78, 5) is 19.2. The zero-order chi connectivity index (χ0) is 20.2. The molecule has 0 aliphatic carbocycles. The Labute approximate surface area is 194 Å². The Morgan fingerprint density at radius 3 is 2.35 bits per heavy atom. The highest BCUT2D eigenvalue weighted by Crippen LogP contribution is 2.26. The highest BCUT2D eigenvalue weighted by molar-refractivity contribution is 5.93. The highest BCUT2D eigenvalue weighted by atomic mass is 35.5. The molecule has 1 aromatic carbocycles. The van der Waals surface area contributed by atoms with Crippen LogP contribution in [0.4, 0.5) is 0 Å². The molecule has 166 valence electrons. The van der Waals surface area contributed by atoms with Crippen LogP contribution < -0.4 is 10.5 Å². The molecule has 7 nitrogen and oxygen atoms in total. The topological polar surface area (TPSA) is 86.3 Å². The van der Waals surface area contributed by atoms with Crippen LogP contribution in [0.15, 0.2) is 48.7 Å². The van der Waals surface area contributed by atoms with E-state index in [0.717, 1.165) is 48.4 Å². The molecule has 9 heteroatoms. The van der Waals surface area contributed by atoms with Gasteiger partial charge in [-0.3, -0.25) is 4.79 Å². The smallest absolute Gasteiger partial charge is 0.274 e. The number of hydrogen-bond acceptors (Lipinski definition) is 5. The van der Waals surface area contributed by atoms with Gasteiger partial charge in [0.1, 0.15) is 0 Å². The Balaban J connectivity index is 0.00000171. The molecule has 2 N–H and O–H groups in total. The van der Waals surface area contributed by atoms with Crippen molar-refractivity contribution in [3.63, 3.8) is 0 Å². The first kappa shape index (κ1) is 24.7. The lowest BCUT2D eigenvalue weighted by Gasteiger charge is -2.25. The van der Waals surface area contributed by atoms with E-state index in [4.69, 9.17) is 10.5 Å². The summed E-state index contributed by atoms with van der Waals surface area (Å²) in [5.41, 5.74) is 9.78. The highest BCUT2D eigenvalue weighted by Gasteiger charge is 2.23. The van der Waals surface area contributed by atoms with E-state index in [-0.39, 0.29) is 30.7 Å². The standard InChI is InChI=1S/C22H25N5O2.2ClH/c1-29-21-10-9-18(15-24-21)27-20(17-7-5-16(14-23)6-8-17)13-19(25-27)22(28)26-11-3-2-4-12-26;;/h5-10,13,15H,2-4,11-12,14,23H2,1H3;2*1H. The number of nitrogens with zero attached hydrogens (tertiary/aromatic N) is 4. The normalized spacial score (nSPS) is 13.2. The number of aromatic nitrogens is 3. The monoisotopic (exact) mass is 463 g/mol. The van der Waals surface area contributed by atoms with Crippen molar-refractivity contribution >= 4 is 30.7 Å². The van der Waals surface area contributed by atoms with E-state index < -0.39 is 0 Å². The van der Waals surface area contributed by atoms with Crippen LogP contribution in [-0.2, 0) is 6.54 Å². The maximum Gasteiger partial charge on any atom is 0.274 e. The molecule has 0 unspecified atom stereocenters. The number of carbonyl (C=O) groups is 1. The van der Waals surface area contributed by atoms with Gasteiger partial charge in [-0.2, -0.15) is 5.10 Å². The molecule has 0 saturated carbocycles. The first-order valence-corrected chi connectivity index (χ1v) is 9.89. The second kappa shape index (κ2) is 11.1. The van der Waals surface area contributed by atoms with Crippen LogP contribution in [0.2, 0.25) is 0 Å². The van der Waals surface area contributed by atoms with Crippen LogP contribution in [0.3, 0.4) is 0 Å². The van der Waals surface area contributed by atoms with Crippen molar-refractivity contribution in [1.82, 2.24) is 19.7 Å². The van der Waals surface area contributed by atoms with Crippen LogP contribution in [-0.4, -0.2) is 45.8 Å². The fourth-order valence-corrected chi connectivity index (χ4v) is 3.58. The minimum absolute atomic E-state index is 0. The predicted molar refractivity (Wildman–Crippen MR) is 125 cm³/mol. The van der Waals surface area contributed by atoms with Gasteiger partial charge in [-0.25, -0.2) is 9.67 Å². The van der Waals surface area contributed by atoms with Gasteiger partial charge in [-0.05, 0) is 37.0 Å². The minimum Gasteiger partial charge on any atom is -0.481 e. The molecule has 2 aromatic heterocycles. The van der Waals surface area contributed by atoms with Gasteiger partial charge in [0, 0.05) is 31.3 Å².